The summed E-state index contributed by atoms with van der Waals surface area (Å²) in [6.45, 7) is 11.2. The third kappa shape index (κ3) is 5.94. The number of aromatic nitrogens is 5. The van der Waals surface area contributed by atoms with Crippen LogP contribution < -0.4 is 4.74 Å². The van der Waals surface area contributed by atoms with E-state index in [0.717, 1.165) is 27.9 Å². The van der Waals surface area contributed by atoms with Crippen molar-refractivity contribution in [3.8, 4) is 5.75 Å². The highest BCUT2D eigenvalue weighted by Gasteiger charge is 2.16. The highest BCUT2D eigenvalue weighted by Crippen LogP contribution is 2.29. The monoisotopic (exact) mass is 475 g/mol. The molecule has 0 saturated heterocycles. The minimum atomic E-state index is 0.326. The second-order valence-electron chi connectivity index (χ2n) is 8.34. The Labute approximate surface area is 204 Å². The number of nitrogens with zero attached hydrogens (tertiary/aromatic N) is 5. The van der Waals surface area contributed by atoms with Crippen LogP contribution in [0.1, 0.15) is 54.0 Å². The van der Waals surface area contributed by atoms with E-state index >= 15 is 0 Å². The van der Waals surface area contributed by atoms with Crippen molar-refractivity contribution in [2.75, 3.05) is 0 Å². The van der Waals surface area contributed by atoms with Crippen molar-refractivity contribution >= 4 is 11.8 Å². The molecule has 0 aliphatic rings. The standard InChI is InChI=1S/C26H29N5O2S/c1-5-13-31-24(16-32-22-14-19(4)11-12-21(22)18(2)3)28-29-26(31)34-17-25-27-23(30-33-25)15-20-9-7-6-8-10-20/h5-12,14,18H,1,13,15-17H2,2-4H3. The lowest BCUT2D eigenvalue weighted by molar-refractivity contribution is 0.285. The Hall–Kier alpha value is -3.39. The van der Waals surface area contributed by atoms with Crippen LogP contribution in [0.4, 0.5) is 0 Å². The summed E-state index contributed by atoms with van der Waals surface area (Å²) >= 11 is 1.50. The van der Waals surface area contributed by atoms with E-state index in [1.165, 1.54) is 17.3 Å². The van der Waals surface area contributed by atoms with Crippen molar-refractivity contribution < 1.29 is 9.26 Å². The van der Waals surface area contributed by atoms with Gasteiger partial charge < -0.3 is 9.26 Å². The molecule has 0 amide bonds. The molecule has 0 unspecified atom stereocenters. The SMILES string of the molecule is C=CCn1c(COc2cc(C)ccc2C(C)C)nnc1SCc1nc(Cc2ccccc2)no1. The van der Waals surface area contributed by atoms with Crippen molar-refractivity contribution in [2.24, 2.45) is 0 Å². The van der Waals surface area contributed by atoms with Crippen molar-refractivity contribution in [3.63, 3.8) is 0 Å². The number of hydrogen-bond donors (Lipinski definition) is 0. The predicted molar refractivity (Wildman–Crippen MR) is 133 cm³/mol. The number of thioether (sulfide) groups is 1. The molecule has 2 aromatic heterocycles. The van der Waals surface area contributed by atoms with Gasteiger partial charge in [-0.15, -0.1) is 16.8 Å². The highest BCUT2D eigenvalue weighted by atomic mass is 32.2. The Morgan fingerprint density at radius 2 is 1.97 bits per heavy atom. The maximum Gasteiger partial charge on any atom is 0.237 e. The van der Waals surface area contributed by atoms with E-state index in [4.69, 9.17) is 9.26 Å². The van der Waals surface area contributed by atoms with Crippen LogP contribution in [0.3, 0.4) is 0 Å². The summed E-state index contributed by atoms with van der Waals surface area (Å²) in [4.78, 5) is 4.51. The molecule has 176 valence electrons. The molecular formula is C26H29N5O2S. The zero-order chi connectivity index (χ0) is 23.9. The summed E-state index contributed by atoms with van der Waals surface area (Å²) in [6, 6.07) is 16.4. The van der Waals surface area contributed by atoms with E-state index in [2.05, 4.69) is 65.9 Å². The van der Waals surface area contributed by atoms with Crippen molar-refractivity contribution in [3.05, 3.63) is 95.4 Å². The summed E-state index contributed by atoms with van der Waals surface area (Å²) in [6.07, 6.45) is 2.47. The molecule has 0 aliphatic heterocycles. The summed E-state index contributed by atoms with van der Waals surface area (Å²) in [5.74, 6) is 3.73. The molecule has 8 heteroatoms. The number of allylic oxidation sites excluding steroid dienone is 1. The van der Waals surface area contributed by atoms with Gasteiger partial charge in [0.1, 0.15) is 12.4 Å². The molecule has 4 rings (SSSR count). The van der Waals surface area contributed by atoms with Crippen LogP contribution in [0.2, 0.25) is 0 Å². The third-order valence-corrected chi connectivity index (χ3v) is 6.24. The molecule has 2 heterocycles. The van der Waals surface area contributed by atoms with Gasteiger partial charge in [-0.25, -0.2) is 0 Å². The van der Waals surface area contributed by atoms with Crippen LogP contribution in [0, 0.1) is 6.92 Å². The largest absolute Gasteiger partial charge is 0.485 e. The quantitative estimate of drug-likeness (QED) is 0.202. The molecule has 0 bridgehead atoms. The van der Waals surface area contributed by atoms with Gasteiger partial charge in [0.25, 0.3) is 0 Å². The fourth-order valence-electron chi connectivity index (χ4n) is 3.56. The van der Waals surface area contributed by atoms with Crippen LogP contribution in [0.5, 0.6) is 5.75 Å². The van der Waals surface area contributed by atoms with Crippen LogP contribution in [-0.4, -0.2) is 24.9 Å². The predicted octanol–water partition coefficient (Wildman–Crippen LogP) is 5.74. The smallest absolute Gasteiger partial charge is 0.237 e. The van der Waals surface area contributed by atoms with E-state index in [1.54, 1.807) is 0 Å². The number of aryl methyl sites for hydroxylation is 1. The molecule has 34 heavy (non-hydrogen) atoms. The van der Waals surface area contributed by atoms with Crippen molar-refractivity contribution in [2.45, 2.75) is 57.2 Å². The molecule has 0 radical (unpaired) electrons. The number of ether oxygens (including phenoxy) is 1. The van der Waals surface area contributed by atoms with Gasteiger partial charge in [0, 0.05) is 13.0 Å². The summed E-state index contributed by atoms with van der Waals surface area (Å²) in [7, 11) is 0. The molecule has 2 aromatic carbocycles. The molecule has 0 N–H and O–H groups in total. The van der Waals surface area contributed by atoms with Crippen molar-refractivity contribution in [1.82, 2.24) is 24.9 Å². The lowest BCUT2D eigenvalue weighted by Crippen LogP contribution is -2.08. The van der Waals surface area contributed by atoms with E-state index in [-0.39, 0.29) is 0 Å². The molecule has 7 nitrogen and oxygen atoms in total. The Kier molecular flexibility index (Phi) is 7.80. The summed E-state index contributed by atoms with van der Waals surface area (Å²) in [5, 5.41) is 13.6. The van der Waals surface area contributed by atoms with Crippen LogP contribution in [-0.2, 0) is 25.3 Å². The van der Waals surface area contributed by atoms with E-state index in [1.807, 2.05) is 41.0 Å². The maximum absolute atomic E-state index is 6.18. The molecule has 0 atom stereocenters. The molecule has 0 aliphatic carbocycles. The van der Waals surface area contributed by atoms with Gasteiger partial charge in [0.15, 0.2) is 16.8 Å². The first-order chi connectivity index (χ1) is 16.5. The Balaban J connectivity index is 1.42. The minimum absolute atomic E-state index is 0.326. The van der Waals surface area contributed by atoms with E-state index < -0.39 is 0 Å². The second kappa shape index (κ2) is 11.2. The fraction of sp³-hybridized carbons (Fsp3) is 0.308. The van der Waals surface area contributed by atoms with Crippen LogP contribution >= 0.6 is 11.8 Å². The van der Waals surface area contributed by atoms with Crippen LogP contribution in [0.25, 0.3) is 0 Å². The zero-order valence-electron chi connectivity index (χ0n) is 19.8. The van der Waals surface area contributed by atoms with Gasteiger partial charge in [-0.1, -0.05) is 79.3 Å². The highest BCUT2D eigenvalue weighted by molar-refractivity contribution is 7.98. The van der Waals surface area contributed by atoms with Gasteiger partial charge in [-0.2, -0.15) is 4.98 Å². The first-order valence-electron chi connectivity index (χ1n) is 11.3. The number of rotatable bonds is 11. The first kappa shape index (κ1) is 23.8. The maximum atomic E-state index is 6.18. The number of hydrogen-bond acceptors (Lipinski definition) is 7. The fourth-order valence-corrected chi connectivity index (χ4v) is 4.36. The zero-order valence-corrected chi connectivity index (χ0v) is 20.6. The van der Waals surface area contributed by atoms with Gasteiger partial charge in [-0.05, 0) is 35.6 Å². The average molecular weight is 476 g/mol. The van der Waals surface area contributed by atoms with Gasteiger partial charge in [0.05, 0.1) is 5.75 Å². The van der Waals surface area contributed by atoms with Crippen LogP contribution in [0.15, 0.2) is 70.9 Å². The molecule has 4 aromatic rings. The lowest BCUT2D eigenvalue weighted by atomic mass is 10.0. The Bertz CT molecular complexity index is 1230. The Morgan fingerprint density at radius 3 is 2.74 bits per heavy atom. The van der Waals surface area contributed by atoms with Crippen molar-refractivity contribution in [1.29, 1.82) is 0 Å². The topological polar surface area (TPSA) is 78.9 Å². The normalized spacial score (nSPS) is 11.2. The second-order valence-corrected chi connectivity index (χ2v) is 9.28. The molecular weight excluding hydrogens is 446 g/mol. The summed E-state index contributed by atoms with van der Waals surface area (Å²) < 4.78 is 13.6. The molecule has 0 saturated carbocycles. The van der Waals surface area contributed by atoms with Gasteiger partial charge in [-0.3, -0.25) is 4.57 Å². The average Bonchev–Trinajstić information content (AvgIpc) is 3.43. The molecule has 0 fully saturated rings. The molecule has 0 spiro atoms. The number of benzene rings is 2. The Morgan fingerprint density at radius 1 is 1.15 bits per heavy atom. The third-order valence-electron chi connectivity index (χ3n) is 5.29. The van der Waals surface area contributed by atoms with Gasteiger partial charge in [0.2, 0.25) is 5.89 Å². The minimum Gasteiger partial charge on any atom is -0.485 e. The van der Waals surface area contributed by atoms with Gasteiger partial charge >= 0.3 is 0 Å². The van der Waals surface area contributed by atoms with E-state index in [0.29, 0.717) is 43.0 Å². The lowest BCUT2D eigenvalue weighted by Gasteiger charge is -2.15. The van der Waals surface area contributed by atoms with E-state index in [9.17, 15) is 0 Å². The summed E-state index contributed by atoms with van der Waals surface area (Å²) in [5.41, 5.74) is 3.49. The first-order valence-corrected chi connectivity index (χ1v) is 12.3.